The van der Waals surface area contributed by atoms with Crippen LogP contribution >= 0.6 is 31.9 Å². The number of pyridine rings is 1. The number of ether oxygens (including phenoxy) is 1. The van der Waals surface area contributed by atoms with Gasteiger partial charge in [0.15, 0.2) is 0 Å². The van der Waals surface area contributed by atoms with E-state index in [1.54, 1.807) is 18.2 Å². The molecule has 0 spiro atoms. The van der Waals surface area contributed by atoms with E-state index in [-0.39, 0.29) is 11.7 Å². The van der Waals surface area contributed by atoms with Gasteiger partial charge in [0.05, 0.1) is 18.4 Å². The van der Waals surface area contributed by atoms with Crippen molar-refractivity contribution in [3.8, 4) is 5.75 Å². The molecule has 104 valence electrons. The molecule has 1 aromatic carbocycles. The van der Waals surface area contributed by atoms with Crippen LogP contribution in [0.1, 0.15) is 10.4 Å². The van der Waals surface area contributed by atoms with Crippen molar-refractivity contribution >= 4 is 49.3 Å². The van der Waals surface area contributed by atoms with Crippen LogP contribution in [0.3, 0.4) is 0 Å². The first-order valence-corrected chi connectivity index (χ1v) is 7.15. The Bertz CT molecular complexity index is 662. The Morgan fingerprint density at radius 3 is 2.75 bits per heavy atom. The number of nitrogen functional groups attached to an aromatic ring is 1. The number of carbonyl (C=O) groups is 1. The van der Waals surface area contributed by atoms with Crippen molar-refractivity contribution in [2.24, 2.45) is 0 Å². The number of hydrogen-bond donors (Lipinski definition) is 2. The van der Waals surface area contributed by atoms with Gasteiger partial charge >= 0.3 is 0 Å². The first kappa shape index (κ1) is 14.8. The molecule has 0 fully saturated rings. The number of methoxy groups -OCH3 is 1. The summed E-state index contributed by atoms with van der Waals surface area (Å²) < 4.78 is 6.71. The van der Waals surface area contributed by atoms with Crippen molar-refractivity contribution in [2.45, 2.75) is 0 Å². The second-order valence-electron chi connectivity index (χ2n) is 3.89. The zero-order valence-corrected chi connectivity index (χ0v) is 13.7. The third kappa shape index (κ3) is 3.29. The number of benzene rings is 1. The average Bonchev–Trinajstić information content (AvgIpc) is 2.41. The van der Waals surface area contributed by atoms with E-state index in [2.05, 4.69) is 42.2 Å². The van der Waals surface area contributed by atoms with Gasteiger partial charge in [-0.1, -0.05) is 15.9 Å². The predicted octanol–water partition coefficient (Wildman–Crippen LogP) is 3.45. The Hall–Kier alpha value is -1.60. The third-order valence-electron chi connectivity index (χ3n) is 2.54. The molecule has 1 heterocycles. The summed E-state index contributed by atoms with van der Waals surface area (Å²) in [6.07, 6.45) is 1.53. The fraction of sp³-hybridized carbons (Fsp3) is 0.0769. The van der Waals surface area contributed by atoms with Gasteiger partial charge in [-0.2, -0.15) is 0 Å². The molecule has 0 radical (unpaired) electrons. The molecule has 0 aliphatic heterocycles. The van der Waals surface area contributed by atoms with Crippen molar-refractivity contribution in [2.75, 3.05) is 18.2 Å². The second kappa shape index (κ2) is 6.23. The van der Waals surface area contributed by atoms with Crippen molar-refractivity contribution < 1.29 is 9.53 Å². The lowest BCUT2D eigenvalue weighted by atomic mass is 10.2. The van der Waals surface area contributed by atoms with Gasteiger partial charge in [0.2, 0.25) is 0 Å². The van der Waals surface area contributed by atoms with Gasteiger partial charge in [-0.3, -0.25) is 4.79 Å². The SMILES string of the molecule is COc1ccc(Br)cc1NC(=O)c1cc(Br)cnc1N. The lowest BCUT2D eigenvalue weighted by molar-refractivity contribution is 0.102. The summed E-state index contributed by atoms with van der Waals surface area (Å²) in [5, 5.41) is 2.75. The number of nitrogens with one attached hydrogen (secondary N) is 1. The van der Waals surface area contributed by atoms with Crippen LogP contribution < -0.4 is 15.8 Å². The third-order valence-corrected chi connectivity index (χ3v) is 3.47. The molecule has 0 aliphatic rings. The summed E-state index contributed by atoms with van der Waals surface area (Å²) in [5.74, 6) is 0.371. The minimum Gasteiger partial charge on any atom is -0.495 e. The van der Waals surface area contributed by atoms with Gasteiger partial charge in [0.25, 0.3) is 5.91 Å². The molecule has 0 bridgehead atoms. The lowest BCUT2D eigenvalue weighted by Crippen LogP contribution is -2.15. The van der Waals surface area contributed by atoms with Crippen LogP contribution in [0.4, 0.5) is 11.5 Å². The first-order valence-electron chi connectivity index (χ1n) is 5.57. The van der Waals surface area contributed by atoms with Gasteiger partial charge in [-0.05, 0) is 40.2 Å². The normalized spacial score (nSPS) is 10.2. The number of nitrogens with zero attached hydrogens (tertiary/aromatic N) is 1. The molecule has 20 heavy (non-hydrogen) atoms. The summed E-state index contributed by atoms with van der Waals surface area (Å²) >= 11 is 6.61. The van der Waals surface area contributed by atoms with E-state index in [0.717, 1.165) is 4.47 Å². The Morgan fingerprint density at radius 1 is 1.30 bits per heavy atom. The maximum atomic E-state index is 12.2. The molecular formula is C13H11Br2N3O2. The minimum atomic E-state index is -0.354. The number of anilines is 2. The molecule has 5 nitrogen and oxygen atoms in total. The van der Waals surface area contributed by atoms with Crippen LogP contribution in [0.15, 0.2) is 39.4 Å². The number of hydrogen-bond acceptors (Lipinski definition) is 4. The molecule has 0 saturated heterocycles. The van der Waals surface area contributed by atoms with Crippen LogP contribution in [-0.2, 0) is 0 Å². The Balaban J connectivity index is 2.32. The summed E-state index contributed by atoms with van der Waals surface area (Å²) in [4.78, 5) is 16.2. The van der Waals surface area contributed by atoms with Crippen molar-refractivity contribution in [3.63, 3.8) is 0 Å². The van der Waals surface area contributed by atoms with Gasteiger partial charge in [0.1, 0.15) is 11.6 Å². The lowest BCUT2D eigenvalue weighted by Gasteiger charge is -2.11. The summed E-state index contributed by atoms with van der Waals surface area (Å²) in [5.41, 5.74) is 6.55. The van der Waals surface area contributed by atoms with Gasteiger partial charge in [0, 0.05) is 15.1 Å². The summed E-state index contributed by atoms with van der Waals surface area (Å²) in [6.45, 7) is 0. The molecule has 7 heteroatoms. The highest BCUT2D eigenvalue weighted by molar-refractivity contribution is 9.10. The summed E-state index contributed by atoms with van der Waals surface area (Å²) in [6, 6.07) is 6.94. The maximum Gasteiger partial charge on any atom is 0.259 e. The molecule has 0 aliphatic carbocycles. The van der Waals surface area contributed by atoms with E-state index in [1.165, 1.54) is 13.3 Å². The highest BCUT2D eigenvalue weighted by Gasteiger charge is 2.14. The van der Waals surface area contributed by atoms with Crippen LogP contribution in [0.25, 0.3) is 0 Å². The van der Waals surface area contributed by atoms with Crippen LogP contribution in [0, 0.1) is 0 Å². The molecule has 3 N–H and O–H groups in total. The van der Waals surface area contributed by atoms with E-state index in [0.29, 0.717) is 21.5 Å². The quantitative estimate of drug-likeness (QED) is 0.827. The molecule has 0 unspecified atom stereocenters. The maximum absolute atomic E-state index is 12.2. The van der Waals surface area contributed by atoms with E-state index in [4.69, 9.17) is 10.5 Å². The molecule has 2 rings (SSSR count). The van der Waals surface area contributed by atoms with Crippen molar-refractivity contribution in [1.29, 1.82) is 0 Å². The fourth-order valence-corrected chi connectivity index (χ4v) is 2.29. The fourth-order valence-electron chi connectivity index (χ4n) is 1.60. The number of carbonyl (C=O) groups excluding carboxylic acids is 1. The smallest absolute Gasteiger partial charge is 0.259 e. The predicted molar refractivity (Wildman–Crippen MR) is 85.0 cm³/mol. The van der Waals surface area contributed by atoms with Crippen LogP contribution in [-0.4, -0.2) is 18.0 Å². The van der Waals surface area contributed by atoms with E-state index in [1.807, 2.05) is 6.07 Å². The highest BCUT2D eigenvalue weighted by atomic mass is 79.9. The minimum absolute atomic E-state index is 0.166. The summed E-state index contributed by atoms with van der Waals surface area (Å²) in [7, 11) is 1.54. The van der Waals surface area contributed by atoms with Crippen molar-refractivity contribution in [1.82, 2.24) is 4.98 Å². The largest absolute Gasteiger partial charge is 0.495 e. The number of amides is 1. The van der Waals surface area contributed by atoms with E-state index in [9.17, 15) is 4.79 Å². The number of aromatic nitrogens is 1. The number of rotatable bonds is 3. The molecule has 1 aromatic heterocycles. The highest BCUT2D eigenvalue weighted by Crippen LogP contribution is 2.28. The molecule has 2 aromatic rings. The van der Waals surface area contributed by atoms with Crippen molar-refractivity contribution in [3.05, 3.63) is 45.0 Å². The number of halogens is 2. The standard InChI is InChI=1S/C13H11Br2N3O2/c1-20-11-3-2-7(14)5-10(11)18-13(19)9-4-8(15)6-17-12(9)16/h2-6H,1H3,(H2,16,17)(H,18,19). The topological polar surface area (TPSA) is 77.2 Å². The Kier molecular flexibility index (Phi) is 4.61. The van der Waals surface area contributed by atoms with Gasteiger partial charge < -0.3 is 15.8 Å². The monoisotopic (exact) mass is 399 g/mol. The number of nitrogens with two attached hydrogens (primary N) is 1. The van der Waals surface area contributed by atoms with Crippen LogP contribution in [0.2, 0.25) is 0 Å². The van der Waals surface area contributed by atoms with Gasteiger partial charge in [-0.25, -0.2) is 4.98 Å². The Morgan fingerprint density at radius 2 is 2.05 bits per heavy atom. The van der Waals surface area contributed by atoms with Gasteiger partial charge in [-0.15, -0.1) is 0 Å². The Labute approximate surface area is 132 Å². The molecule has 0 atom stereocenters. The molecular weight excluding hydrogens is 390 g/mol. The van der Waals surface area contributed by atoms with E-state index >= 15 is 0 Å². The zero-order chi connectivity index (χ0) is 14.7. The zero-order valence-electron chi connectivity index (χ0n) is 10.5. The van der Waals surface area contributed by atoms with Crippen LogP contribution in [0.5, 0.6) is 5.75 Å². The first-order chi connectivity index (χ1) is 9.51. The second-order valence-corrected chi connectivity index (χ2v) is 5.72. The van der Waals surface area contributed by atoms with E-state index < -0.39 is 0 Å². The average molecular weight is 401 g/mol. The molecule has 1 amide bonds. The molecule has 0 saturated carbocycles.